The highest BCUT2D eigenvalue weighted by Gasteiger charge is 2.20. The Morgan fingerprint density at radius 1 is 1.10 bits per heavy atom. The lowest BCUT2D eigenvalue weighted by Gasteiger charge is -2.29. The van der Waals surface area contributed by atoms with Crippen LogP contribution in [0, 0.1) is 0 Å². The van der Waals surface area contributed by atoms with Crippen molar-refractivity contribution in [2.45, 2.75) is 26.2 Å². The van der Waals surface area contributed by atoms with Gasteiger partial charge >= 0.3 is 0 Å². The van der Waals surface area contributed by atoms with Gasteiger partial charge in [-0.15, -0.1) is 0 Å². The summed E-state index contributed by atoms with van der Waals surface area (Å²) in [4.78, 5) is 2.26. The lowest BCUT2D eigenvalue weighted by molar-refractivity contribution is 0.447. The van der Waals surface area contributed by atoms with Crippen molar-refractivity contribution in [3.63, 3.8) is 0 Å². The van der Waals surface area contributed by atoms with Gasteiger partial charge in [0.1, 0.15) is 11.5 Å². The van der Waals surface area contributed by atoms with Crippen molar-refractivity contribution in [3.05, 3.63) is 59.3 Å². The number of aryl methyl sites for hydroxylation is 1. The normalized spacial score (nSPS) is 17.1. The maximum Gasteiger partial charge on any atom is 0.128 e. The first kappa shape index (κ1) is 19.3. The number of allylic oxidation sites excluding steroid dienone is 6. The average molecular weight is 393 g/mol. The molecule has 0 atom stereocenters. The molecular weight excluding hydrogens is 364 g/mol. The van der Waals surface area contributed by atoms with Gasteiger partial charge in [-0.05, 0) is 37.8 Å². The number of anilines is 1. The molecule has 2 heterocycles. The van der Waals surface area contributed by atoms with E-state index in [4.69, 9.17) is 0 Å². The zero-order valence-electron chi connectivity index (χ0n) is 16.8. The van der Waals surface area contributed by atoms with Gasteiger partial charge in [-0.25, -0.2) is 0 Å². The van der Waals surface area contributed by atoms with Crippen molar-refractivity contribution in [2.24, 2.45) is 0 Å². The first-order valence-corrected chi connectivity index (χ1v) is 10.2. The molecule has 1 aliphatic heterocycles. The van der Waals surface area contributed by atoms with E-state index in [0.717, 1.165) is 56.0 Å². The number of aromatic amines is 1. The molecule has 2 aromatic rings. The first-order chi connectivity index (χ1) is 14.1. The van der Waals surface area contributed by atoms with Crippen molar-refractivity contribution >= 4 is 5.69 Å². The fourth-order valence-corrected chi connectivity index (χ4v) is 3.87. The molecule has 1 fully saturated rings. The maximum absolute atomic E-state index is 10.5. The van der Waals surface area contributed by atoms with E-state index >= 15 is 0 Å². The molecule has 0 amide bonds. The Morgan fingerprint density at radius 2 is 1.93 bits per heavy atom. The number of benzene rings is 1. The molecule has 0 unspecified atom stereocenters. The van der Waals surface area contributed by atoms with Gasteiger partial charge in [0, 0.05) is 37.8 Å². The Morgan fingerprint density at radius 3 is 2.76 bits per heavy atom. The van der Waals surface area contributed by atoms with Gasteiger partial charge < -0.3 is 20.4 Å². The Hall–Kier alpha value is -2.99. The summed E-state index contributed by atoms with van der Waals surface area (Å²) in [6, 6.07) is 3.32. The smallest absolute Gasteiger partial charge is 0.128 e. The predicted octanol–water partition coefficient (Wildman–Crippen LogP) is 3.66. The number of H-pyrrole nitrogens is 1. The maximum atomic E-state index is 10.5. The van der Waals surface area contributed by atoms with Crippen LogP contribution in [-0.2, 0) is 6.42 Å². The topological polar surface area (TPSA) is 84.4 Å². The molecule has 6 heteroatoms. The summed E-state index contributed by atoms with van der Waals surface area (Å²) in [6.07, 6.45) is 12.9. The van der Waals surface area contributed by atoms with Crippen molar-refractivity contribution in [3.8, 4) is 22.8 Å². The number of nitrogens with one attached hydrogen (secondary N) is 2. The molecule has 0 bridgehead atoms. The largest absolute Gasteiger partial charge is 0.508 e. The molecule has 0 radical (unpaired) electrons. The molecule has 152 valence electrons. The van der Waals surface area contributed by atoms with Gasteiger partial charge in [0.25, 0.3) is 0 Å². The zero-order chi connectivity index (χ0) is 20.2. The molecule has 0 spiro atoms. The zero-order valence-corrected chi connectivity index (χ0v) is 16.8. The number of nitrogens with zero attached hydrogens (tertiary/aromatic N) is 2. The van der Waals surface area contributed by atoms with Crippen LogP contribution in [0.1, 0.15) is 25.3 Å². The minimum atomic E-state index is 0.0558. The second-order valence-electron chi connectivity index (χ2n) is 7.72. The quantitative estimate of drug-likeness (QED) is 0.624. The summed E-state index contributed by atoms with van der Waals surface area (Å²) in [5, 5.41) is 31.5. The van der Waals surface area contributed by atoms with Crippen LogP contribution < -0.4 is 10.2 Å². The molecule has 6 nitrogen and oxygen atoms in total. The number of rotatable bonds is 5. The molecule has 2 aliphatic rings. The number of hydrogen-bond acceptors (Lipinski definition) is 5. The van der Waals surface area contributed by atoms with E-state index in [1.165, 1.54) is 17.2 Å². The SMILES string of the molecule is CC1=CC=CC(CCc2cc(-c3[nH]ncc3N3CCNCC3)c(O)cc2O)=CC1. The Labute approximate surface area is 171 Å². The molecular formula is C23H28N4O2. The monoisotopic (exact) mass is 392 g/mol. The highest BCUT2D eigenvalue weighted by molar-refractivity contribution is 5.80. The highest BCUT2D eigenvalue weighted by Crippen LogP contribution is 2.39. The van der Waals surface area contributed by atoms with Crippen molar-refractivity contribution in [2.75, 3.05) is 31.1 Å². The van der Waals surface area contributed by atoms with Crippen LogP contribution in [0.2, 0.25) is 0 Å². The third kappa shape index (κ3) is 4.38. The van der Waals surface area contributed by atoms with Crippen LogP contribution in [-0.4, -0.2) is 46.6 Å². The van der Waals surface area contributed by atoms with E-state index in [9.17, 15) is 10.2 Å². The summed E-state index contributed by atoms with van der Waals surface area (Å²) in [5.41, 5.74) is 5.86. The summed E-state index contributed by atoms with van der Waals surface area (Å²) < 4.78 is 0. The van der Waals surface area contributed by atoms with Crippen molar-refractivity contribution in [1.29, 1.82) is 0 Å². The van der Waals surface area contributed by atoms with Crippen molar-refractivity contribution < 1.29 is 10.2 Å². The van der Waals surface area contributed by atoms with E-state index in [2.05, 4.69) is 51.6 Å². The molecule has 1 aliphatic carbocycles. The second-order valence-corrected chi connectivity index (χ2v) is 7.72. The Balaban J connectivity index is 1.58. The van der Waals surface area contributed by atoms with Crippen LogP contribution in [0.25, 0.3) is 11.3 Å². The van der Waals surface area contributed by atoms with Crippen LogP contribution in [0.4, 0.5) is 5.69 Å². The lowest BCUT2D eigenvalue weighted by Crippen LogP contribution is -2.43. The van der Waals surface area contributed by atoms with Crippen LogP contribution >= 0.6 is 0 Å². The average Bonchev–Trinajstić information content (AvgIpc) is 3.11. The number of hydrogen-bond donors (Lipinski definition) is 4. The molecule has 1 aromatic heterocycles. The second kappa shape index (κ2) is 8.57. The van der Waals surface area contributed by atoms with E-state index in [1.807, 2.05) is 12.3 Å². The first-order valence-electron chi connectivity index (χ1n) is 10.2. The molecule has 29 heavy (non-hydrogen) atoms. The van der Waals surface area contributed by atoms with E-state index in [1.54, 1.807) is 0 Å². The van der Waals surface area contributed by atoms with E-state index < -0.39 is 0 Å². The van der Waals surface area contributed by atoms with Gasteiger partial charge in [-0.2, -0.15) is 5.10 Å². The van der Waals surface area contributed by atoms with Crippen LogP contribution in [0.3, 0.4) is 0 Å². The number of phenols is 2. The van der Waals surface area contributed by atoms with Gasteiger partial charge in [0.2, 0.25) is 0 Å². The molecule has 0 saturated carbocycles. The van der Waals surface area contributed by atoms with Gasteiger partial charge in [-0.3, -0.25) is 5.10 Å². The summed E-state index contributed by atoms with van der Waals surface area (Å²) in [6.45, 7) is 5.77. The third-order valence-electron chi connectivity index (χ3n) is 5.60. The molecule has 1 saturated heterocycles. The number of aromatic hydroxyl groups is 2. The Kier molecular flexibility index (Phi) is 5.71. The Bertz CT molecular complexity index is 965. The fourth-order valence-electron chi connectivity index (χ4n) is 3.87. The summed E-state index contributed by atoms with van der Waals surface area (Å²) >= 11 is 0. The van der Waals surface area contributed by atoms with E-state index in [-0.39, 0.29) is 11.5 Å². The minimum Gasteiger partial charge on any atom is -0.508 e. The van der Waals surface area contributed by atoms with E-state index in [0.29, 0.717) is 12.0 Å². The summed E-state index contributed by atoms with van der Waals surface area (Å²) in [7, 11) is 0. The standard InChI is InChI=1S/C23H28N4O2/c1-16-3-2-4-17(6-5-16)7-8-18-13-19(22(29)14-21(18)28)23-20(15-25-26-23)27-11-9-24-10-12-27/h2-4,6,13-15,24,28-29H,5,7-12H2,1H3,(H,25,26). The minimum absolute atomic E-state index is 0.0558. The molecule has 4 N–H and O–H groups in total. The third-order valence-corrected chi connectivity index (χ3v) is 5.60. The molecule has 1 aromatic carbocycles. The number of piperazine rings is 1. The fraction of sp³-hybridized carbons (Fsp3) is 0.348. The number of aromatic nitrogens is 2. The van der Waals surface area contributed by atoms with Crippen LogP contribution in [0.15, 0.2) is 53.8 Å². The summed E-state index contributed by atoms with van der Waals surface area (Å²) in [5.74, 6) is 0.183. The van der Waals surface area contributed by atoms with Gasteiger partial charge in [0.05, 0.1) is 17.6 Å². The molecule has 4 rings (SSSR count). The van der Waals surface area contributed by atoms with Gasteiger partial charge in [0.15, 0.2) is 0 Å². The van der Waals surface area contributed by atoms with Crippen LogP contribution in [0.5, 0.6) is 11.5 Å². The number of phenolic OH excluding ortho intramolecular Hbond substituents is 2. The lowest BCUT2D eigenvalue weighted by atomic mass is 9.98. The predicted molar refractivity (Wildman–Crippen MR) is 116 cm³/mol. The highest BCUT2D eigenvalue weighted by atomic mass is 16.3. The van der Waals surface area contributed by atoms with Crippen molar-refractivity contribution in [1.82, 2.24) is 15.5 Å². The van der Waals surface area contributed by atoms with Gasteiger partial charge in [-0.1, -0.05) is 35.5 Å².